The van der Waals surface area contributed by atoms with Gasteiger partial charge in [-0.25, -0.2) is 9.97 Å². The SMILES string of the molecule is CCOc1cc(-c2nccc(-c3cc4n(n3)CCNC4=O)n2)ccc1OCC(N)=O. The van der Waals surface area contributed by atoms with E-state index in [0.29, 0.717) is 59.7 Å². The first-order valence-corrected chi connectivity index (χ1v) is 9.43. The van der Waals surface area contributed by atoms with E-state index in [2.05, 4.69) is 20.4 Å². The van der Waals surface area contributed by atoms with E-state index in [-0.39, 0.29) is 12.5 Å². The highest BCUT2D eigenvalue weighted by Crippen LogP contribution is 2.32. The van der Waals surface area contributed by atoms with Crippen molar-refractivity contribution in [2.24, 2.45) is 5.73 Å². The first-order chi connectivity index (χ1) is 14.5. The van der Waals surface area contributed by atoms with Crippen LogP contribution in [0.4, 0.5) is 0 Å². The number of fused-ring (bicyclic) bond motifs is 1. The number of hydrogen-bond acceptors (Lipinski definition) is 7. The molecule has 10 heteroatoms. The number of primary amides is 1. The number of ether oxygens (including phenoxy) is 2. The summed E-state index contributed by atoms with van der Waals surface area (Å²) < 4.78 is 12.7. The summed E-state index contributed by atoms with van der Waals surface area (Å²) in [6.45, 7) is 3.18. The van der Waals surface area contributed by atoms with Crippen molar-refractivity contribution < 1.29 is 19.1 Å². The van der Waals surface area contributed by atoms with Crippen LogP contribution in [0.1, 0.15) is 17.4 Å². The summed E-state index contributed by atoms with van der Waals surface area (Å²) in [4.78, 5) is 31.9. The van der Waals surface area contributed by atoms with E-state index in [4.69, 9.17) is 15.2 Å². The summed E-state index contributed by atoms with van der Waals surface area (Å²) in [6, 6.07) is 8.64. The van der Waals surface area contributed by atoms with E-state index in [1.165, 1.54) is 0 Å². The summed E-state index contributed by atoms with van der Waals surface area (Å²) in [7, 11) is 0. The second-order valence-electron chi connectivity index (χ2n) is 6.51. The minimum atomic E-state index is -0.575. The summed E-state index contributed by atoms with van der Waals surface area (Å²) >= 11 is 0. The zero-order valence-corrected chi connectivity index (χ0v) is 16.3. The smallest absolute Gasteiger partial charge is 0.269 e. The lowest BCUT2D eigenvalue weighted by atomic mass is 10.1. The molecule has 2 amide bonds. The van der Waals surface area contributed by atoms with Gasteiger partial charge in [0.1, 0.15) is 11.4 Å². The number of rotatable bonds is 7. The fourth-order valence-corrected chi connectivity index (χ4v) is 3.09. The van der Waals surface area contributed by atoms with E-state index < -0.39 is 5.91 Å². The average molecular weight is 408 g/mol. The van der Waals surface area contributed by atoms with Crippen molar-refractivity contribution >= 4 is 11.8 Å². The van der Waals surface area contributed by atoms with Crippen LogP contribution in [0, 0.1) is 0 Å². The molecule has 3 heterocycles. The minimum Gasteiger partial charge on any atom is -0.490 e. The lowest BCUT2D eigenvalue weighted by molar-refractivity contribution is -0.119. The van der Waals surface area contributed by atoms with Gasteiger partial charge in [0, 0.05) is 18.3 Å². The number of nitrogens with zero attached hydrogens (tertiary/aromatic N) is 4. The zero-order chi connectivity index (χ0) is 21.1. The molecule has 0 atom stereocenters. The van der Waals surface area contributed by atoms with Crippen molar-refractivity contribution in [2.75, 3.05) is 19.8 Å². The van der Waals surface area contributed by atoms with Gasteiger partial charge >= 0.3 is 0 Å². The molecule has 0 unspecified atom stereocenters. The van der Waals surface area contributed by atoms with E-state index in [1.54, 1.807) is 41.2 Å². The van der Waals surface area contributed by atoms with Crippen LogP contribution in [-0.4, -0.2) is 51.3 Å². The molecule has 1 aliphatic rings. The summed E-state index contributed by atoms with van der Waals surface area (Å²) in [6.07, 6.45) is 1.63. The van der Waals surface area contributed by atoms with Gasteiger partial charge in [0.05, 0.1) is 18.8 Å². The molecular formula is C20H20N6O4. The highest BCUT2D eigenvalue weighted by atomic mass is 16.5. The van der Waals surface area contributed by atoms with Gasteiger partial charge in [-0.3, -0.25) is 14.3 Å². The standard InChI is InChI=1S/C20H20N6O4/c1-2-29-17-9-12(3-4-16(17)30-11-18(21)27)19-22-6-5-13(24-19)14-10-15-20(28)23-7-8-26(15)25-14/h3-6,9-10H,2,7-8,11H2,1H3,(H2,21,27)(H,23,28). The van der Waals surface area contributed by atoms with Crippen molar-refractivity contribution in [3.63, 3.8) is 0 Å². The Bertz CT molecular complexity index is 1110. The Morgan fingerprint density at radius 2 is 2.07 bits per heavy atom. The van der Waals surface area contributed by atoms with Gasteiger partial charge in [-0.15, -0.1) is 0 Å². The molecular weight excluding hydrogens is 388 g/mol. The average Bonchev–Trinajstić information content (AvgIpc) is 3.19. The van der Waals surface area contributed by atoms with Crippen LogP contribution in [0.15, 0.2) is 36.5 Å². The second-order valence-corrected chi connectivity index (χ2v) is 6.51. The van der Waals surface area contributed by atoms with Crippen molar-refractivity contribution in [1.29, 1.82) is 0 Å². The number of nitrogens with one attached hydrogen (secondary N) is 1. The lowest BCUT2D eigenvalue weighted by Crippen LogP contribution is -2.35. The predicted molar refractivity (Wildman–Crippen MR) is 107 cm³/mol. The molecule has 30 heavy (non-hydrogen) atoms. The maximum atomic E-state index is 12.0. The molecule has 4 rings (SSSR count). The normalized spacial score (nSPS) is 12.8. The summed E-state index contributed by atoms with van der Waals surface area (Å²) in [5.74, 6) is 0.601. The highest BCUT2D eigenvalue weighted by Gasteiger charge is 2.20. The molecule has 0 aliphatic carbocycles. The van der Waals surface area contributed by atoms with Crippen molar-refractivity contribution in [3.05, 3.63) is 42.2 Å². The first-order valence-electron chi connectivity index (χ1n) is 9.43. The van der Waals surface area contributed by atoms with Crippen LogP contribution in [-0.2, 0) is 11.3 Å². The van der Waals surface area contributed by atoms with Gasteiger partial charge in [-0.05, 0) is 37.3 Å². The quantitative estimate of drug-likeness (QED) is 0.596. The molecule has 3 aromatic rings. The topological polar surface area (TPSA) is 134 Å². The zero-order valence-electron chi connectivity index (χ0n) is 16.3. The molecule has 0 saturated carbocycles. The maximum Gasteiger partial charge on any atom is 0.269 e. The third-order valence-corrected chi connectivity index (χ3v) is 4.41. The maximum absolute atomic E-state index is 12.0. The van der Waals surface area contributed by atoms with E-state index in [1.807, 2.05) is 6.92 Å². The Labute approximate surface area is 172 Å². The Morgan fingerprint density at radius 1 is 1.20 bits per heavy atom. The van der Waals surface area contributed by atoms with Crippen molar-refractivity contribution in [3.8, 4) is 34.3 Å². The van der Waals surface area contributed by atoms with Crippen LogP contribution >= 0.6 is 0 Å². The number of benzene rings is 1. The number of aromatic nitrogens is 4. The van der Waals surface area contributed by atoms with Gasteiger partial charge in [-0.2, -0.15) is 5.10 Å². The Morgan fingerprint density at radius 3 is 2.83 bits per heavy atom. The first kappa shape index (κ1) is 19.4. The number of carbonyl (C=O) groups is 2. The van der Waals surface area contributed by atoms with Gasteiger partial charge in [0.15, 0.2) is 23.9 Å². The lowest BCUT2D eigenvalue weighted by Gasteiger charge is -2.13. The van der Waals surface area contributed by atoms with Crippen molar-refractivity contribution in [1.82, 2.24) is 25.1 Å². The largest absolute Gasteiger partial charge is 0.490 e. The van der Waals surface area contributed by atoms with Crippen LogP contribution < -0.4 is 20.5 Å². The molecule has 1 aromatic carbocycles. The van der Waals surface area contributed by atoms with E-state index in [9.17, 15) is 9.59 Å². The molecule has 0 spiro atoms. The van der Waals surface area contributed by atoms with Gasteiger partial charge in [0.2, 0.25) is 0 Å². The Balaban J connectivity index is 1.66. The summed E-state index contributed by atoms with van der Waals surface area (Å²) in [5.41, 5.74) is 7.55. The molecule has 2 aromatic heterocycles. The third-order valence-electron chi connectivity index (χ3n) is 4.41. The van der Waals surface area contributed by atoms with Crippen molar-refractivity contribution in [2.45, 2.75) is 13.5 Å². The number of amides is 2. The highest BCUT2D eigenvalue weighted by molar-refractivity contribution is 5.94. The van der Waals surface area contributed by atoms with Crippen LogP contribution in [0.5, 0.6) is 11.5 Å². The van der Waals surface area contributed by atoms with Crippen LogP contribution in [0.25, 0.3) is 22.8 Å². The second kappa shape index (κ2) is 8.19. The molecule has 154 valence electrons. The van der Waals surface area contributed by atoms with Gasteiger partial charge < -0.3 is 20.5 Å². The number of nitrogens with two attached hydrogens (primary N) is 1. The molecule has 10 nitrogen and oxygen atoms in total. The Hall–Kier alpha value is -3.95. The fourth-order valence-electron chi connectivity index (χ4n) is 3.09. The number of carbonyl (C=O) groups excluding carboxylic acids is 2. The molecule has 0 bridgehead atoms. The van der Waals surface area contributed by atoms with Crippen LogP contribution in [0.2, 0.25) is 0 Å². The monoisotopic (exact) mass is 408 g/mol. The van der Waals surface area contributed by atoms with E-state index in [0.717, 1.165) is 0 Å². The minimum absolute atomic E-state index is 0.151. The van der Waals surface area contributed by atoms with Gasteiger partial charge in [-0.1, -0.05) is 0 Å². The van der Waals surface area contributed by atoms with E-state index >= 15 is 0 Å². The number of hydrogen-bond donors (Lipinski definition) is 2. The molecule has 1 aliphatic heterocycles. The predicted octanol–water partition coefficient (Wildman–Crippen LogP) is 1.01. The van der Waals surface area contributed by atoms with Crippen LogP contribution in [0.3, 0.4) is 0 Å². The molecule has 0 fully saturated rings. The summed E-state index contributed by atoms with van der Waals surface area (Å²) in [5, 5.41) is 7.28. The molecule has 0 radical (unpaired) electrons. The fraction of sp³-hybridized carbons (Fsp3) is 0.250. The molecule has 3 N–H and O–H groups in total. The Kier molecular flexibility index (Phi) is 5.29. The third kappa shape index (κ3) is 3.93. The molecule has 0 saturated heterocycles. The van der Waals surface area contributed by atoms with Gasteiger partial charge in [0.25, 0.3) is 11.8 Å².